The van der Waals surface area contributed by atoms with Crippen molar-refractivity contribution in [3.8, 4) is 0 Å². The topological polar surface area (TPSA) is 23.5 Å². The fourth-order valence-electron chi connectivity index (χ4n) is 2.99. The number of hydrogen-bond acceptors (Lipinski definition) is 2. The SMILES string of the molecule is CC(C)N1CCCC(O)(CCc2ccccc2)CC1. The van der Waals surface area contributed by atoms with Crippen molar-refractivity contribution in [1.82, 2.24) is 4.90 Å². The van der Waals surface area contributed by atoms with E-state index in [-0.39, 0.29) is 0 Å². The van der Waals surface area contributed by atoms with Gasteiger partial charge in [0.2, 0.25) is 0 Å². The van der Waals surface area contributed by atoms with E-state index in [1.165, 1.54) is 5.56 Å². The van der Waals surface area contributed by atoms with Crippen LogP contribution in [-0.2, 0) is 6.42 Å². The van der Waals surface area contributed by atoms with Crippen LogP contribution >= 0.6 is 0 Å². The van der Waals surface area contributed by atoms with E-state index in [9.17, 15) is 5.11 Å². The lowest BCUT2D eigenvalue weighted by Gasteiger charge is -2.28. The van der Waals surface area contributed by atoms with Gasteiger partial charge in [-0.25, -0.2) is 0 Å². The number of rotatable bonds is 4. The fraction of sp³-hybridized carbons (Fsp3) is 0.647. The Hall–Kier alpha value is -0.860. The Balaban J connectivity index is 1.88. The average molecular weight is 261 g/mol. The molecule has 1 unspecified atom stereocenters. The van der Waals surface area contributed by atoms with E-state index >= 15 is 0 Å². The lowest BCUT2D eigenvalue weighted by molar-refractivity contribution is 0.0165. The van der Waals surface area contributed by atoms with Gasteiger partial charge in [-0.1, -0.05) is 30.3 Å². The standard InChI is InChI=1S/C17H27NO/c1-15(2)18-13-6-10-17(19,12-14-18)11-9-16-7-4-3-5-8-16/h3-5,7-8,15,19H,6,9-14H2,1-2H3. The fourth-order valence-corrected chi connectivity index (χ4v) is 2.99. The summed E-state index contributed by atoms with van der Waals surface area (Å²) >= 11 is 0. The van der Waals surface area contributed by atoms with Crippen molar-refractivity contribution in [3.63, 3.8) is 0 Å². The van der Waals surface area contributed by atoms with Gasteiger partial charge in [0, 0.05) is 12.6 Å². The second-order valence-corrected chi connectivity index (χ2v) is 6.19. The van der Waals surface area contributed by atoms with Gasteiger partial charge < -0.3 is 10.0 Å². The Morgan fingerprint density at radius 2 is 1.89 bits per heavy atom. The lowest BCUT2D eigenvalue weighted by atomic mass is 9.88. The molecule has 0 aliphatic carbocycles. The predicted molar refractivity (Wildman–Crippen MR) is 80.3 cm³/mol. The molecule has 1 heterocycles. The van der Waals surface area contributed by atoms with Gasteiger partial charge in [-0.05, 0) is 58.1 Å². The third-order valence-corrected chi connectivity index (χ3v) is 4.40. The number of likely N-dealkylation sites (tertiary alicyclic amines) is 1. The molecule has 0 bridgehead atoms. The molecule has 1 atom stereocenters. The van der Waals surface area contributed by atoms with Gasteiger partial charge >= 0.3 is 0 Å². The number of hydrogen-bond donors (Lipinski definition) is 1. The van der Waals surface area contributed by atoms with E-state index in [4.69, 9.17) is 0 Å². The summed E-state index contributed by atoms with van der Waals surface area (Å²) in [6.45, 7) is 6.65. The molecule has 1 aromatic carbocycles. The van der Waals surface area contributed by atoms with Gasteiger partial charge in [-0.3, -0.25) is 0 Å². The molecule has 0 radical (unpaired) electrons. The molecule has 0 amide bonds. The summed E-state index contributed by atoms with van der Waals surface area (Å²) in [5.74, 6) is 0. The van der Waals surface area contributed by atoms with Gasteiger partial charge in [0.05, 0.1) is 5.60 Å². The molecule has 2 nitrogen and oxygen atoms in total. The minimum atomic E-state index is -0.459. The summed E-state index contributed by atoms with van der Waals surface area (Å²) < 4.78 is 0. The summed E-state index contributed by atoms with van der Waals surface area (Å²) in [5.41, 5.74) is 0.875. The van der Waals surface area contributed by atoms with Crippen LogP contribution in [0.15, 0.2) is 30.3 Å². The van der Waals surface area contributed by atoms with Crippen LogP contribution in [0.2, 0.25) is 0 Å². The Kier molecular flexibility index (Phi) is 5.00. The minimum absolute atomic E-state index is 0.459. The first-order valence-electron chi connectivity index (χ1n) is 7.59. The molecule has 1 N–H and O–H groups in total. The number of benzene rings is 1. The Bertz CT molecular complexity index is 376. The van der Waals surface area contributed by atoms with Crippen LogP contribution < -0.4 is 0 Å². The van der Waals surface area contributed by atoms with E-state index in [2.05, 4.69) is 43.0 Å². The molecule has 1 aliphatic heterocycles. The monoisotopic (exact) mass is 261 g/mol. The number of aryl methyl sites for hydroxylation is 1. The molecule has 2 rings (SSSR count). The first kappa shape index (κ1) is 14.5. The maximum absolute atomic E-state index is 10.8. The molecule has 1 aromatic rings. The molecule has 0 spiro atoms. The van der Waals surface area contributed by atoms with E-state index in [0.29, 0.717) is 6.04 Å². The summed E-state index contributed by atoms with van der Waals surface area (Å²) in [4.78, 5) is 2.49. The first-order valence-corrected chi connectivity index (χ1v) is 7.59. The number of nitrogens with zero attached hydrogens (tertiary/aromatic N) is 1. The second-order valence-electron chi connectivity index (χ2n) is 6.19. The third kappa shape index (κ3) is 4.32. The molecule has 1 saturated heterocycles. The van der Waals surface area contributed by atoms with Gasteiger partial charge in [0.25, 0.3) is 0 Å². The Morgan fingerprint density at radius 1 is 1.16 bits per heavy atom. The largest absolute Gasteiger partial charge is 0.390 e. The lowest BCUT2D eigenvalue weighted by Crippen LogP contribution is -2.34. The molecule has 19 heavy (non-hydrogen) atoms. The van der Waals surface area contributed by atoms with Crippen molar-refractivity contribution in [1.29, 1.82) is 0 Å². The molecular formula is C17H27NO. The average Bonchev–Trinajstić information content (AvgIpc) is 2.61. The van der Waals surface area contributed by atoms with Gasteiger partial charge in [-0.2, -0.15) is 0 Å². The summed E-state index contributed by atoms with van der Waals surface area (Å²) in [7, 11) is 0. The van der Waals surface area contributed by atoms with Crippen LogP contribution in [0.5, 0.6) is 0 Å². The van der Waals surface area contributed by atoms with E-state index < -0.39 is 5.60 Å². The van der Waals surface area contributed by atoms with E-state index in [1.54, 1.807) is 0 Å². The highest BCUT2D eigenvalue weighted by atomic mass is 16.3. The molecule has 0 aromatic heterocycles. The molecule has 2 heteroatoms. The highest BCUT2D eigenvalue weighted by Crippen LogP contribution is 2.28. The van der Waals surface area contributed by atoms with Crippen molar-refractivity contribution in [3.05, 3.63) is 35.9 Å². The summed E-state index contributed by atoms with van der Waals surface area (Å²) in [6.07, 6.45) is 4.85. The van der Waals surface area contributed by atoms with Crippen LogP contribution in [0.3, 0.4) is 0 Å². The first-order chi connectivity index (χ1) is 9.09. The zero-order valence-electron chi connectivity index (χ0n) is 12.3. The molecule has 106 valence electrons. The number of aliphatic hydroxyl groups is 1. The smallest absolute Gasteiger partial charge is 0.0663 e. The minimum Gasteiger partial charge on any atom is -0.390 e. The summed E-state index contributed by atoms with van der Waals surface area (Å²) in [5, 5.41) is 10.8. The maximum atomic E-state index is 10.8. The maximum Gasteiger partial charge on any atom is 0.0663 e. The van der Waals surface area contributed by atoms with Crippen LogP contribution in [0.1, 0.15) is 45.1 Å². The Morgan fingerprint density at radius 3 is 2.58 bits per heavy atom. The molecular weight excluding hydrogens is 234 g/mol. The zero-order valence-corrected chi connectivity index (χ0v) is 12.3. The van der Waals surface area contributed by atoms with E-state index in [0.717, 1.165) is 45.2 Å². The highest BCUT2D eigenvalue weighted by Gasteiger charge is 2.30. The molecule has 1 fully saturated rings. The quantitative estimate of drug-likeness (QED) is 0.899. The van der Waals surface area contributed by atoms with Crippen molar-refractivity contribution >= 4 is 0 Å². The Labute approximate surface area is 117 Å². The van der Waals surface area contributed by atoms with Crippen LogP contribution in [0, 0.1) is 0 Å². The third-order valence-electron chi connectivity index (χ3n) is 4.40. The molecule has 0 saturated carbocycles. The normalized spacial score (nSPS) is 25.5. The van der Waals surface area contributed by atoms with Crippen LogP contribution in [0.4, 0.5) is 0 Å². The summed E-state index contributed by atoms with van der Waals surface area (Å²) in [6, 6.07) is 11.1. The second kappa shape index (κ2) is 6.53. The van der Waals surface area contributed by atoms with E-state index in [1.807, 2.05) is 6.07 Å². The predicted octanol–water partition coefficient (Wildman–Crippen LogP) is 3.24. The van der Waals surface area contributed by atoms with Crippen molar-refractivity contribution in [2.24, 2.45) is 0 Å². The van der Waals surface area contributed by atoms with Crippen LogP contribution in [0.25, 0.3) is 0 Å². The van der Waals surface area contributed by atoms with Crippen molar-refractivity contribution < 1.29 is 5.11 Å². The van der Waals surface area contributed by atoms with Gasteiger partial charge in [0.15, 0.2) is 0 Å². The van der Waals surface area contributed by atoms with Gasteiger partial charge in [-0.15, -0.1) is 0 Å². The van der Waals surface area contributed by atoms with Crippen LogP contribution in [-0.4, -0.2) is 34.7 Å². The van der Waals surface area contributed by atoms with Crippen molar-refractivity contribution in [2.75, 3.05) is 13.1 Å². The van der Waals surface area contributed by atoms with Gasteiger partial charge in [0.1, 0.15) is 0 Å². The zero-order chi connectivity index (χ0) is 13.7. The van der Waals surface area contributed by atoms with Crippen molar-refractivity contribution in [2.45, 2.75) is 57.6 Å². The molecule has 1 aliphatic rings. The highest BCUT2D eigenvalue weighted by molar-refractivity contribution is 5.15.